The van der Waals surface area contributed by atoms with Crippen molar-refractivity contribution >= 4 is 5.96 Å². The van der Waals surface area contributed by atoms with Crippen molar-refractivity contribution in [2.75, 3.05) is 19.6 Å². The van der Waals surface area contributed by atoms with Crippen LogP contribution in [0.25, 0.3) is 11.6 Å². The van der Waals surface area contributed by atoms with Crippen molar-refractivity contribution in [1.29, 1.82) is 0 Å². The zero-order chi connectivity index (χ0) is 15.2. The van der Waals surface area contributed by atoms with E-state index >= 15 is 0 Å². The number of aliphatic imine (C=N–C) groups is 1. The van der Waals surface area contributed by atoms with Gasteiger partial charge in [-0.15, -0.1) is 0 Å². The Morgan fingerprint density at radius 1 is 1.27 bits per heavy atom. The highest BCUT2D eigenvalue weighted by molar-refractivity contribution is 5.78. The normalized spacial score (nSPS) is 16.0. The first-order valence-corrected chi connectivity index (χ1v) is 7.62. The van der Waals surface area contributed by atoms with Gasteiger partial charge >= 0.3 is 0 Å². The molecule has 0 aliphatic carbocycles. The summed E-state index contributed by atoms with van der Waals surface area (Å²) in [6.07, 6.45) is 5.96. The number of likely N-dealkylation sites (tertiary alicyclic amines) is 1. The van der Waals surface area contributed by atoms with Gasteiger partial charge in [0, 0.05) is 32.3 Å². The lowest BCUT2D eigenvalue weighted by molar-refractivity contribution is 0.338. The molecule has 1 fully saturated rings. The Labute approximate surface area is 129 Å². The van der Waals surface area contributed by atoms with Crippen molar-refractivity contribution in [2.24, 2.45) is 10.7 Å². The van der Waals surface area contributed by atoms with E-state index in [1.807, 2.05) is 18.2 Å². The summed E-state index contributed by atoms with van der Waals surface area (Å²) < 4.78 is 5.21. The summed E-state index contributed by atoms with van der Waals surface area (Å²) in [6.45, 7) is 2.56. The minimum absolute atomic E-state index is 0.434. The maximum Gasteiger partial charge on any atom is 0.276 e. The number of nitrogens with two attached hydrogens (primary N) is 1. The van der Waals surface area contributed by atoms with Crippen LogP contribution in [0.1, 0.15) is 25.1 Å². The monoisotopic (exact) mass is 300 g/mol. The second-order valence-electron chi connectivity index (χ2n) is 5.27. The lowest BCUT2D eigenvalue weighted by atomic mass is 10.1. The minimum atomic E-state index is 0.434. The molecule has 0 unspecified atom stereocenters. The maximum absolute atomic E-state index is 6.01. The van der Waals surface area contributed by atoms with Crippen molar-refractivity contribution in [2.45, 2.75) is 25.7 Å². The molecule has 7 heteroatoms. The first kappa shape index (κ1) is 14.5. The molecule has 0 amide bonds. The summed E-state index contributed by atoms with van der Waals surface area (Å²) in [5.74, 6) is 1.67. The lowest BCUT2D eigenvalue weighted by Gasteiger charge is -2.27. The van der Waals surface area contributed by atoms with E-state index in [-0.39, 0.29) is 0 Å². The van der Waals surface area contributed by atoms with Crippen molar-refractivity contribution in [3.63, 3.8) is 0 Å². The van der Waals surface area contributed by atoms with E-state index in [0.29, 0.717) is 36.3 Å². The zero-order valence-corrected chi connectivity index (χ0v) is 12.5. The molecule has 2 aromatic heterocycles. The number of piperidine rings is 1. The van der Waals surface area contributed by atoms with E-state index in [1.165, 1.54) is 19.3 Å². The Hall–Kier alpha value is -2.44. The minimum Gasteiger partial charge on any atom is -0.370 e. The van der Waals surface area contributed by atoms with Gasteiger partial charge in [-0.2, -0.15) is 4.98 Å². The van der Waals surface area contributed by atoms with Gasteiger partial charge in [-0.3, -0.25) is 9.98 Å². The summed E-state index contributed by atoms with van der Waals surface area (Å²) in [5.41, 5.74) is 6.69. The Kier molecular flexibility index (Phi) is 4.62. The smallest absolute Gasteiger partial charge is 0.276 e. The van der Waals surface area contributed by atoms with Crippen LogP contribution in [-0.2, 0) is 6.42 Å². The van der Waals surface area contributed by atoms with Crippen LogP contribution in [0.3, 0.4) is 0 Å². The van der Waals surface area contributed by atoms with Gasteiger partial charge in [-0.25, -0.2) is 0 Å². The van der Waals surface area contributed by atoms with Crippen molar-refractivity contribution in [1.82, 2.24) is 20.0 Å². The zero-order valence-electron chi connectivity index (χ0n) is 12.5. The summed E-state index contributed by atoms with van der Waals surface area (Å²) in [6, 6.07) is 5.57. The second kappa shape index (κ2) is 7.02. The molecular weight excluding hydrogens is 280 g/mol. The van der Waals surface area contributed by atoms with Crippen LogP contribution < -0.4 is 5.73 Å². The van der Waals surface area contributed by atoms with Crippen LogP contribution in [-0.4, -0.2) is 45.6 Å². The van der Waals surface area contributed by atoms with Gasteiger partial charge in [-0.05, 0) is 31.4 Å². The van der Waals surface area contributed by atoms with Crippen molar-refractivity contribution < 1.29 is 4.52 Å². The van der Waals surface area contributed by atoms with E-state index in [2.05, 4.69) is 25.0 Å². The third kappa shape index (κ3) is 3.60. The van der Waals surface area contributed by atoms with Gasteiger partial charge < -0.3 is 15.2 Å². The molecule has 0 spiro atoms. The summed E-state index contributed by atoms with van der Waals surface area (Å²) in [7, 11) is 0. The first-order valence-electron chi connectivity index (χ1n) is 7.62. The highest BCUT2D eigenvalue weighted by Crippen LogP contribution is 2.13. The number of aromatic nitrogens is 3. The third-order valence-corrected chi connectivity index (χ3v) is 3.64. The number of nitrogens with zero attached hydrogens (tertiary/aromatic N) is 5. The van der Waals surface area contributed by atoms with Crippen LogP contribution in [0.15, 0.2) is 33.9 Å². The summed E-state index contributed by atoms with van der Waals surface area (Å²) >= 11 is 0. The number of guanidine groups is 1. The highest BCUT2D eigenvalue weighted by atomic mass is 16.5. The Bertz CT molecular complexity index is 618. The predicted molar refractivity (Wildman–Crippen MR) is 83.1 cm³/mol. The topological polar surface area (TPSA) is 93.4 Å². The van der Waals surface area contributed by atoms with E-state index in [4.69, 9.17) is 10.3 Å². The molecule has 116 valence electrons. The van der Waals surface area contributed by atoms with Crippen LogP contribution in [0.4, 0.5) is 0 Å². The standard InChI is InChI=1S/C15H20N6O/c16-15(21-10-4-1-5-11-21)18-9-7-13-19-14(22-20-13)12-6-2-3-8-17-12/h2-3,6,8H,1,4-5,7,9-11H2,(H2,16,18). The van der Waals surface area contributed by atoms with Gasteiger partial charge in [0.05, 0.1) is 0 Å². The number of rotatable bonds is 4. The average Bonchev–Trinajstić information content (AvgIpc) is 3.05. The third-order valence-electron chi connectivity index (χ3n) is 3.64. The van der Waals surface area contributed by atoms with Gasteiger partial charge in [0.1, 0.15) is 5.69 Å². The summed E-state index contributed by atoms with van der Waals surface area (Å²) in [4.78, 5) is 15.1. The van der Waals surface area contributed by atoms with Crippen LogP contribution in [0.2, 0.25) is 0 Å². The Morgan fingerprint density at radius 2 is 2.14 bits per heavy atom. The Balaban J connectivity index is 1.55. The van der Waals surface area contributed by atoms with E-state index < -0.39 is 0 Å². The van der Waals surface area contributed by atoms with Crippen molar-refractivity contribution in [3.05, 3.63) is 30.2 Å². The fourth-order valence-corrected chi connectivity index (χ4v) is 2.44. The van der Waals surface area contributed by atoms with E-state index in [0.717, 1.165) is 13.1 Å². The lowest BCUT2D eigenvalue weighted by Crippen LogP contribution is -2.41. The van der Waals surface area contributed by atoms with Gasteiger partial charge in [0.15, 0.2) is 11.8 Å². The first-order chi connectivity index (χ1) is 10.8. The molecule has 0 radical (unpaired) electrons. The van der Waals surface area contributed by atoms with E-state index in [1.54, 1.807) is 6.20 Å². The molecule has 2 N–H and O–H groups in total. The molecule has 22 heavy (non-hydrogen) atoms. The predicted octanol–water partition coefficient (Wildman–Crippen LogP) is 1.47. The van der Waals surface area contributed by atoms with Gasteiger partial charge in [0.25, 0.3) is 5.89 Å². The number of pyridine rings is 1. The fourth-order valence-electron chi connectivity index (χ4n) is 2.44. The second-order valence-corrected chi connectivity index (χ2v) is 5.27. The largest absolute Gasteiger partial charge is 0.370 e. The average molecular weight is 300 g/mol. The van der Waals surface area contributed by atoms with Gasteiger partial charge in [-0.1, -0.05) is 11.2 Å². The maximum atomic E-state index is 6.01. The SMILES string of the molecule is NC(=NCCc1noc(-c2ccccn2)n1)N1CCCCC1. The van der Waals surface area contributed by atoms with Gasteiger partial charge in [0.2, 0.25) is 0 Å². The number of hydrogen-bond donors (Lipinski definition) is 1. The molecule has 3 rings (SSSR count). The molecule has 7 nitrogen and oxygen atoms in total. The fraction of sp³-hybridized carbons (Fsp3) is 0.467. The van der Waals surface area contributed by atoms with E-state index in [9.17, 15) is 0 Å². The van der Waals surface area contributed by atoms with Crippen LogP contribution >= 0.6 is 0 Å². The Morgan fingerprint density at radius 3 is 2.91 bits per heavy atom. The molecule has 2 aromatic rings. The molecular formula is C15H20N6O. The number of hydrogen-bond acceptors (Lipinski definition) is 5. The molecule has 0 bridgehead atoms. The molecule has 0 atom stereocenters. The molecule has 0 aromatic carbocycles. The summed E-state index contributed by atoms with van der Waals surface area (Å²) in [5, 5.41) is 3.95. The molecule has 1 saturated heterocycles. The van der Waals surface area contributed by atoms with Crippen molar-refractivity contribution in [3.8, 4) is 11.6 Å². The molecule has 1 aliphatic rings. The molecule has 1 aliphatic heterocycles. The highest BCUT2D eigenvalue weighted by Gasteiger charge is 2.12. The molecule has 0 saturated carbocycles. The van der Waals surface area contributed by atoms with Crippen LogP contribution in [0.5, 0.6) is 0 Å². The molecule has 3 heterocycles. The van der Waals surface area contributed by atoms with Crippen LogP contribution in [0, 0.1) is 0 Å². The quantitative estimate of drug-likeness (QED) is 0.679.